The van der Waals surface area contributed by atoms with Crippen molar-refractivity contribution < 1.29 is 4.74 Å². The highest BCUT2D eigenvalue weighted by molar-refractivity contribution is 6.17. The maximum absolute atomic E-state index is 6.68. The van der Waals surface area contributed by atoms with Crippen molar-refractivity contribution in [1.82, 2.24) is 4.98 Å². The molecule has 0 bridgehead atoms. The van der Waals surface area contributed by atoms with E-state index in [-0.39, 0.29) is 0 Å². The van der Waals surface area contributed by atoms with Crippen molar-refractivity contribution in [3.63, 3.8) is 0 Å². The molecule has 6 aromatic rings. The van der Waals surface area contributed by atoms with Gasteiger partial charge in [0.05, 0.1) is 0 Å². The molecule has 180 valence electrons. The van der Waals surface area contributed by atoms with Crippen LogP contribution < -0.4 is 4.74 Å². The van der Waals surface area contributed by atoms with Gasteiger partial charge in [-0.1, -0.05) is 92.1 Å². The molecule has 0 N–H and O–H groups in total. The summed E-state index contributed by atoms with van der Waals surface area (Å²) in [6, 6.07) is 34.7. The van der Waals surface area contributed by atoms with E-state index < -0.39 is 0 Å². The smallest absolute Gasteiger partial charge is 0.143 e. The monoisotopic (exact) mass is 479 g/mol. The molecule has 37 heavy (non-hydrogen) atoms. The summed E-state index contributed by atoms with van der Waals surface area (Å²) in [7, 11) is 0. The lowest BCUT2D eigenvalue weighted by molar-refractivity contribution is 0.442. The first-order valence-electron chi connectivity index (χ1n) is 13.4. The highest BCUT2D eigenvalue weighted by Gasteiger charge is 2.18. The number of aromatic nitrogens is 1. The fraction of sp³-hybridized carbons (Fsp3) is 0.171. The molecule has 0 unspecified atom stereocenters. The van der Waals surface area contributed by atoms with Gasteiger partial charge in [0.1, 0.15) is 11.5 Å². The Kier molecular flexibility index (Phi) is 5.59. The third-order valence-electron chi connectivity index (χ3n) is 7.99. The van der Waals surface area contributed by atoms with Crippen molar-refractivity contribution in [2.24, 2.45) is 0 Å². The van der Waals surface area contributed by atoms with Crippen LogP contribution >= 0.6 is 0 Å². The molecule has 1 fully saturated rings. The van der Waals surface area contributed by atoms with E-state index in [9.17, 15) is 0 Å². The van der Waals surface area contributed by atoms with Gasteiger partial charge in [0.2, 0.25) is 0 Å². The average Bonchev–Trinajstić information content (AvgIpc) is 2.98. The first-order chi connectivity index (χ1) is 18.3. The van der Waals surface area contributed by atoms with E-state index in [2.05, 4.69) is 102 Å². The maximum Gasteiger partial charge on any atom is 0.143 e. The van der Waals surface area contributed by atoms with Gasteiger partial charge in [-0.3, -0.25) is 4.98 Å². The number of pyridine rings is 1. The molecule has 1 aromatic heterocycles. The number of benzene rings is 5. The van der Waals surface area contributed by atoms with Crippen LogP contribution in [0.1, 0.15) is 43.6 Å². The van der Waals surface area contributed by atoms with Crippen molar-refractivity contribution in [3.8, 4) is 22.6 Å². The molecule has 1 aliphatic carbocycles. The standard InChI is InChI=1S/C35H29NO/c1-2-8-24(9-3-1)26-16-18-29(19-17-26)37-35-31-13-7-6-12-30(31)34(33-23-36-21-20-32(33)35)28-15-14-25-10-4-5-11-27(25)22-28/h4-7,10-24H,1-3,8-9H2. The third-order valence-corrected chi connectivity index (χ3v) is 7.99. The second kappa shape index (κ2) is 9.37. The van der Waals surface area contributed by atoms with Gasteiger partial charge in [0.25, 0.3) is 0 Å². The fourth-order valence-electron chi connectivity index (χ4n) is 6.11. The van der Waals surface area contributed by atoms with E-state index in [1.165, 1.54) is 65.0 Å². The number of rotatable bonds is 4. The SMILES string of the molecule is c1ccc2cc(-c3c4ccccc4c(Oc4ccc(C5CCCCC5)cc4)c4ccncc34)ccc2c1. The van der Waals surface area contributed by atoms with E-state index >= 15 is 0 Å². The van der Waals surface area contributed by atoms with Crippen molar-refractivity contribution in [3.05, 3.63) is 115 Å². The summed E-state index contributed by atoms with van der Waals surface area (Å²) in [4.78, 5) is 4.52. The summed E-state index contributed by atoms with van der Waals surface area (Å²) >= 11 is 0. The quantitative estimate of drug-likeness (QED) is 0.235. The van der Waals surface area contributed by atoms with Crippen LogP contribution in [0.25, 0.3) is 43.4 Å². The Bertz CT molecular complexity index is 1670. The van der Waals surface area contributed by atoms with Gasteiger partial charge in [-0.15, -0.1) is 0 Å². The topological polar surface area (TPSA) is 22.1 Å². The second-order valence-electron chi connectivity index (χ2n) is 10.2. The molecule has 0 saturated heterocycles. The molecule has 0 amide bonds. The number of ether oxygens (including phenoxy) is 1. The van der Waals surface area contributed by atoms with Gasteiger partial charge in [-0.2, -0.15) is 0 Å². The summed E-state index contributed by atoms with van der Waals surface area (Å²) in [5.74, 6) is 2.46. The molecule has 0 spiro atoms. The number of hydrogen-bond donors (Lipinski definition) is 0. The molecule has 2 nitrogen and oxygen atoms in total. The van der Waals surface area contributed by atoms with Crippen LogP contribution in [-0.4, -0.2) is 4.98 Å². The van der Waals surface area contributed by atoms with Gasteiger partial charge in [-0.05, 0) is 75.9 Å². The normalized spacial score (nSPS) is 14.4. The lowest BCUT2D eigenvalue weighted by atomic mass is 9.84. The summed E-state index contributed by atoms with van der Waals surface area (Å²) in [6.45, 7) is 0. The molecule has 0 aliphatic heterocycles. The van der Waals surface area contributed by atoms with Crippen molar-refractivity contribution >= 4 is 32.3 Å². The minimum absolute atomic E-state index is 0.691. The van der Waals surface area contributed by atoms with Crippen LogP contribution in [0.5, 0.6) is 11.5 Å². The Hall–Kier alpha value is -4.17. The van der Waals surface area contributed by atoms with E-state index in [0.29, 0.717) is 5.92 Å². The largest absolute Gasteiger partial charge is 0.456 e. The van der Waals surface area contributed by atoms with Crippen LogP contribution in [0, 0.1) is 0 Å². The van der Waals surface area contributed by atoms with Crippen LogP contribution in [0.4, 0.5) is 0 Å². The van der Waals surface area contributed by atoms with Gasteiger partial charge in [0, 0.05) is 28.6 Å². The highest BCUT2D eigenvalue weighted by Crippen LogP contribution is 2.45. The zero-order valence-electron chi connectivity index (χ0n) is 20.9. The Morgan fingerprint density at radius 1 is 0.622 bits per heavy atom. The second-order valence-corrected chi connectivity index (χ2v) is 10.2. The van der Waals surface area contributed by atoms with Crippen LogP contribution in [0.15, 0.2) is 109 Å². The van der Waals surface area contributed by atoms with Gasteiger partial charge >= 0.3 is 0 Å². The minimum Gasteiger partial charge on any atom is -0.456 e. The molecular weight excluding hydrogens is 450 g/mol. The molecule has 0 atom stereocenters. The Morgan fingerprint density at radius 3 is 2.19 bits per heavy atom. The van der Waals surface area contributed by atoms with Gasteiger partial charge in [-0.25, -0.2) is 0 Å². The molecule has 1 heterocycles. The van der Waals surface area contributed by atoms with Crippen LogP contribution in [0.2, 0.25) is 0 Å². The molecule has 1 aliphatic rings. The van der Waals surface area contributed by atoms with E-state index in [1.54, 1.807) is 0 Å². The van der Waals surface area contributed by atoms with Crippen molar-refractivity contribution in [2.45, 2.75) is 38.0 Å². The number of hydrogen-bond acceptors (Lipinski definition) is 2. The van der Waals surface area contributed by atoms with Crippen LogP contribution in [-0.2, 0) is 0 Å². The van der Waals surface area contributed by atoms with Crippen LogP contribution in [0.3, 0.4) is 0 Å². The Morgan fingerprint density at radius 2 is 1.35 bits per heavy atom. The molecule has 5 aromatic carbocycles. The van der Waals surface area contributed by atoms with E-state index in [4.69, 9.17) is 4.74 Å². The van der Waals surface area contributed by atoms with Crippen molar-refractivity contribution in [2.75, 3.05) is 0 Å². The van der Waals surface area contributed by atoms with E-state index in [0.717, 1.165) is 27.7 Å². The zero-order chi connectivity index (χ0) is 24.6. The lowest BCUT2D eigenvalue weighted by Gasteiger charge is -2.22. The highest BCUT2D eigenvalue weighted by atomic mass is 16.5. The zero-order valence-corrected chi connectivity index (χ0v) is 20.9. The fourth-order valence-corrected chi connectivity index (χ4v) is 6.11. The van der Waals surface area contributed by atoms with Gasteiger partial charge < -0.3 is 4.74 Å². The average molecular weight is 480 g/mol. The summed E-state index contributed by atoms with van der Waals surface area (Å²) in [5, 5.41) is 6.94. The minimum atomic E-state index is 0.691. The number of nitrogens with zero attached hydrogens (tertiary/aromatic N) is 1. The van der Waals surface area contributed by atoms with Crippen molar-refractivity contribution in [1.29, 1.82) is 0 Å². The summed E-state index contributed by atoms with van der Waals surface area (Å²) < 4.78 is 6.68. The molecular formula is C35H29NO. The molecule has 0 radical (unpaired) electrons. The Labute approximate surface area is 217 Å². The number of fused-ring (bicyclic) bond motifs is 3. The molecule has 2 heteroatoms. The predicted octanol–water partition coefficient (Wildman–Crippen LogP) is 10.0. The Balaban J connectivity index is 1.37. The third kappa shape index (κ3) is 4.03. The summed E-state index contributed by atoms with van der Waals surface area (Å²) in [5.41, 5.74) is 3.83. The molecule has 1 saturated carbocycles. The molecule has 7 rings (SSSR count). The summed E-state index contributed by atoms with van der Waals surface area (Å²) in [6.07, 6.45) is 10.5. The maximum atomic E-state index is 6.68. The lowest BCUT2D eigenvalue weighted by Crippen LogP contribution is -2.04. The van der Waals surface area contributed by atoms with Gasteiger partial charge in [0.15, 0.2) is 0 Å². The van der Waals surface area contributed by atoms with E-state index in [1.807, 2.05) is 12.4 Å². The first kappa shape index (κ1) is 22.1. The first-order valence-corrected chi connectivity index (χ1v) is 13.4. The predicted molar refractivity (Wildman–Crippen MR) is 155 cm³/mol.